The van der Waals surface area contributed by atoms with Crippen molar-refractivity contribution in [2.75, 3.05) is 13.6 Å². The lowest BCUT2D eigenvalue weighted by atomic mass is 9.86. The van der Waals surface area contributed by atoms with Crippen LogP contribution in [0.5, 0.6) is 0 Å². The Labute approximate surface area is 64.5 Å². The van der Waals surface area contributed by atoms with Gasteiger partial charge in [-0.1, -0.05) is 19.9 Å². The van der Waals surface area contributed by atoms with Gasteiger partial charge in [0, 0.05) is 0 Å². The maximum Gasteiger partial charge on any atom is -0.00467 e. The van der Waals surface area contributed by atoms with E-state index in [1.165, 1.54) is 6.42 Å². The summed E-state index contributed by atoms with van der Waals surface area (Å²) in [6.07, 6.45) is 4.32. The third-order valence-corrected chi connectivity index (χ3v) is 1.75. The van der Waals surface area contributed by atoms with Gasteiger partial charge in [-0.15, -0.1) is 6.58 Å². The summed E-state index contributed by atoms with van der Waals surface area (Å²) in [6, 6.07) is 0. The Morgan fingerprint density at radius 1 is 1.50 bits per heavy atom. The summed E-state index contributed by atoms with van der Waals surface area (Å²) in [5, 5.41) is 3.15. The van der Waals surface area contributed by atoms with Gasteiger partial charge < -0.3 is 5.32 Å². The number of hydrogen-bond acceptors (Lipinski definition) is 1. The highest BCUT2D eigenvalue weighted by molar-refractivity contribution is 4.79. The number of nitrogens with one attached hydrogen (secondary N) is 1. The molecule has 0 aliphatic heterocycles. The molecule has 10 heavy (non-hydrogen) atoms. The molecule has 0 atom stereocenters. The Kier molecular flexibility index (Phi) is 4.37. The highest BCUT2D eigenvalue weighted by Gasteiger charge is 2.13. The number of hydrogen-bond donors (Lipinski definition) is 1. The normalized spacial score (nSPS) is 11.5. The fraction of sp³-hybridized carbons (Fsp3) is 0.778. The molecule has 0 saturated carbocycles. The van der Waals surface area contributed by atoms with Crippen LogP contribution in [0.1, 0.15) is 26.7 Å². The largest absolute Gasteiger partial charge is 0.320 e. The molecule has 0 fully saturated rings. The Balaban J connectivity index is 3.51. The van der Waals surface area contributed by atoms with Crippen LogP contribution in [0.25, 0.3) is 0 Å². The van der Waals surface area contributed by atoms with E-state index in [1.807, 2.05) is 13.1 Å². The van der Waals surface area contributed by atoms with Gasteiger partial charge in [-0.2, -0.15) is 0 Å². The van der Waals surface area contributed by atoms with E-state index in [-0.39, 0.29) is 0 Å². The molecule has 0 aromatic carbocycles. The van der Waals surface area contributed by atoms with E-state index >= 15 is 0 Å². The third-order valence-electron chi connectivity index (χ3n) is 1.75. The summed E-state index contributed by atoms with van der Waals surface area (Å²) in [4.78, 5) is 0. The van der Waals surface area contributed by atoms with Crippen molar-refractivity contribution in [2.24, 2.45) is 5.41 Å². The summed E-state index contributed by atoms with van der Waals surface area (Å²) in [6.45, 7) is 9.37. The maximum atomic E-state index is 3.73. The van der Waals surface area contributed by atoms with E-state index in [4.69, 9.17) is 0 Å². The first-order chi connectivity index (χ1) is 4.62. The molecule has 0 saturated heterocycles. The van der Waals surface area contributed by atoms with Gasteiger partial charge in [0.05, 0.1) is 0 Å². The van der Waals surface area contributed by atoms with Crippen LogP contribution in [0.15, 0.2) is 12.7 Å². The van der Waals surface area contributed by atoms with Crippen molar-refractivity contribution >= 4 is 0 Å². The summed E-state index contributed by atoms with van der Waals surface area (Å²) in [5.74, 6) is 0. The first kappa shape index (κ1) is 9.70. The third kappa shape index (κ3) is 4.57. The molecular formula is C9H19N. The van der Waals surface area contributed by atoms with Crippen LogP contribution in [-0.4, -0.2) is 13.6 Å². The molecule has 1 N–H and O–H groups in total. The summed E-state index contributed by atoms with van der Waals surface area (Å²) in [7, 11) is 1.99. The summed E-state index contributed by atoms with van der Waals surface area (Å²) >= 11 is 0. The second kappa shape index (κ2) is 4.51. The van der Waals surface area contributed by atoms with Crippen molar-refractivity contribution < 1.29 is 0 Å². The number of rotatable bonds is 5. The van der Waals surface area contributed by atoms with Crippen molar-refractivity contribution in [2.45, 2.75) is 26.7 Å². The molecule has 0 aromatic rings. The van der Waals surface area contributed by atoms with E-state index in [2.05, 4.69) is 25.7 Å². The van der Waals surface area contributed by atoms with E-state index in [0.29, 0.717) is 5.41 Å². The molecule has 0 amide bonds. The minimum Gasteiger partial charge on any atom is -0.320 e. The van der Waals surface area contributed by atoms with Gasteiger partial charge in [0.15, 0.2) is 0 Å². The Bertz CT molecular complexity index is 94.9. The quantitative estimate of drug-likeness (QED) is 0.579. The van der Waals surface area contributed by atoms with Crippen molar-refractivity contribution in [3.05, 3.63) is 12.7 Å². The predicted octanol–water partition coefficient (Wildman–Crippen LogP) is 2.20. The lowest BCUT2D eigenvalue weighted by molar-refractivity contribution is 0.337. The fourth-order valence-electron chi connectivity index (χ4n) is 0.956. The van der Waals surface area contributed by atoms with Gasteiger partial charge in [-0.3, -0.25) is 0 Å². The zero-order valence-corrected chi connectivity index (χ0v) is 7.41. The molecule has 0 unspecified atom stereocenters. The molecule has 0 heterocycles. The zero-order valence-electron chi connectivity index (χ0n) is 7.41. The highest BCUT2D eigenvalue weighted by atomic mass is 14.8. The van der Waals surface area contributed by atoms with Gasteiger partial charge in [0.25, 0.3) is 0 Å². The topological polar surface area (TPSA) is 12.0 Å². The van der Waals surface area contributed by atoms with Gasteiger partial charge in [-0.25, -0.2) is 0 Å². The van der Waals surface area contributed by atoms with Crippen molar-refractivity contribution in [3.63, 3.8) is 0 Å². The van der Waals surface area contributed by atoms with Crippen LogP contribution in [-0.2, 0) is 0 Å². The molecule has 0 bridgehead atoms. The standard InChI is InChI=1S/C9H19N/c1-5-6-9(2,3)7-8-10-4/h5,10H,1,6-8H2,2-4H3. The van der Waals surface area contributed by atoms with E-state index in [1.54, 1.807) is 0 Å². The summed E-state index contributed by atoms with van der Waals surface area (Å²) in [5.41, 5.74) is 0.421. The SMILES string of the molecule is C=CCC(C)(C)CCNC. The first-order valence-corrected chi connectivity index (χ1v) is 3.88. The monoisotopic (exact) mass is 141 g/mol. The highest BCUT2D eigenvalue weighted by Crippen LogP contribution is 2.24. The molecule has 0 spiro atoms. The second-order valence-corrected chi connectivity index (χ2v) is 3.51. The van der Waals surface area contributed by atoms with Gasteiger partial charge >= 0.3 is 0 Å². The Morgan fingerprint density at radius 3 is 2.50 bits per heavy atom. The van der Waals surface area contributed by atoms with Gasteiger partial charge in [0.1, 0.15) is 0 Å². The van der Waals surface area contributed by atoms with Crippen LogP contribution in [0.3, 0.4) is 0 Å². The molecule has 60 valence electrons. The lowest BCUT2D eigenvalue weighted by Gasteiger charge is -2.22. The lowest BCUT2D eigenvalue weighted by Crippen LogP contribution is -2.18. The predicted molar refractivity (Wildman–Crippen MR) is 47.1 cm³/mol. The van der Waals surface area contributed by atoms with Crippen LogP contribution >= 0.6 is 0 Å². The Hall–Kier alpha value is -0.300. The van der Waals surface area contributed by atoms with E-state index < -0.39 is 0 Å². The van der Waals surface area contributed by atoms with Crippen molar-refractivity contribution in [1.29, 1.82) is 0 Å². The molecule has 1 nitrogen and oxygen atoms in total. The fourth-order valence-corrected chi connectivity index (χ4v) is 0.956. The van der Waals surface area contributed by atoms with Crippen molar-refractivity contribution in [3.8, 4) is 0 Å². The molecule has 1 heteroatoms. The van der Waals surface area contributed by atoms with Crippen LogP contribution in [0, 0.1) is 5.41 Å². The first-order valence-electron chi connectivity index (χ1n) is 3.88. The molecule has 0 aliphatic carbocycles. The van der Waals surface area contributed by atoms with E-state index in [9.17, 15) is 0 Å². The van der Waals surface area contributed by atoms with Crippen LogP contribution < -0.4 is 5.32 Å². The minimum atomic E-state index is 0.421. The zero-order chi connectivity index (χ0) is 8.04. The van der Waals surface area contributed by atoms with Crippen molar-refractivity contribution in [1.82, 2.24) is 5.32 Å². The average Bonchev–Trinajstić information content (AvgIpc) is 1.84. The molecule has 0 aliphatic rings. The van der Waals surface area contributed by atoms with Gasteiger partial charge in [0.2, 0.25) is 0 Å². The molecular weight excluding hydrogens is 122 g/mol. The molecule has 0 radical (unpaired) electrons. The smallest absolute Gasteiger partial charge is 0.00467 e. The van der Waals surface area contributed by atoms with E-state index in [0.717, 1.165) is 13.0 Å². The second-order valence-electron chi connectivity index (χ2n) is 3.51. The molecule has 0 rings (SSSR count). The average molecular weight is 141 g/mol. The maximum absolute atomic E-state index is 3.73. The number of allylic oxidation sites excluding steroid dienone is 1. The molecule has 0 aromatic heterocycles. The van der Waals surface area contributed by atoms with Crippen LogP contribution in [0.2, 0.25) is 0 Å². The Morgan fingerprint density at radius 2 is 2.10 bits per heavy atom. The minimum absolute atomic E-state index is 0.421. The van der Waals surface area contributed by atoms with Crippen LogP contribution in [0.4, 0.5) is 0 Å². The summed E-state index contributed by atoms with van der Waals surface area (Å²) < 4.78 is 0. The van der Waals surface area contributed by atoms with Gasteiger partial charge in [-0.05, 0) is 31.8 Å².